The molecule has 0 radical (unpaired) electrons. The maximum Gasteiger partial charge on any atom is 0.341 e. The fourth-order valence-electron chi connectivity index (χ4n) is 4.19. The van der Waals surface area contributed by atoms with Crippen molar-refractivity contribution in [3.63, 3.8) is 0 Å². The van der Waals surface area contributed by atoms with Gasteiger partial charge in [0, 0.05) is 38.5 Å². The van der Waals surface area contributed by atoms with Crippen LogP contribution >= 0.6 is 11.8 Å². The number of hydrogen-bond acceptors (Lipinski definition) is 8. The summed E-state index contributed by atoms with van der Waals surface area (Å²) in [5, 5.41) is 0. The number of ether oxygens (including phenoxy) is 3. The van der Waals surface area contributed by atoms with E-state index in [0.29, 0.717) is 18.0 Å². The van der Waals surface area contributed by atoms with E-state index in [1.165, 1.54) is 30.3 Å². The van der Waals surface area contributed by atoms with Gasteiger partial charge in [0.1, 0.15) is 17.3 Å². The molecule has 36 heavy (non-hydrogen) atoms. The average molecular weight is 537 g/mol. The Labute approximate surface area is 218 Å². The average Bonchev–Trinajstić information content (AvgIpc) is 2.98. The minimum atomic E-state index is -3.83. The molecule has 1 aliphatic rings. The molecule has 2 aromatic carbocycles. The molecule has 1 heterocycles. The fraction of sp³-hybridized carbons (Fsp3) is 0.500. The molecule has 0 aromatic heterocycles. The van der Waals surface area contributed by atoms with Crippen LogP contribution in [0, 0.1) is 0 Å². The van der Waals surface area contributed by atoms with Crippen molar-refractivity contribution >= 4 is 39.1 Å². The van der Waals surface area contributed by atoms with Crippen molar-refractivity contribution in [2.24, 2.45) is 0 Å². The Morgan fingerprint density at radius 1 is 1.19 bits per heavy atom. The summed E-state index contributed by atoms with van der Waals surface area (Å²) in [7, 11) is 0.509. The van der Waals surface area contributed by atoms with E-state index in [1.807, 2.05) is 42.7 Å². The van der Waals surface area contributed by atoms with Crippen molar-refractivity contribution < 1.29 is 27.4 Å². The number of thioether (sulfide) groups is 1. The molecule has 0 N–H and O–H groups in total. The molecule has 0 fully saturated rings. The Bertz CT molecular complexity index is 1160. The van der Waals surface area contributed by atoms with Crippen LogP contribution in [0.25, 0.3) is 0 Å². The Morgan fingerprint density at radius 2 is 1.89 bits per heavy atom. The first-order chi connectivity index (χ1) is 17.1. The van der Waals surface area contributed by atoms with Crippen LogP contribution in [-0.2, 0) is 24.3 Å². The number of para-hydroxylation sites is 1. The number of benzene rings is 2. The van der Waals surface area contributed by atoms with Gasteiger partial charge in [-0.1, -0.05) is 38.0 Å². The van der Waals surface area contributed by atoms with E-state index in [4.69, 9.17) is 14.2 Å². The summed E-state index contributed by atoms with van der Waals surface area (Å²) in [4.78, 5) is 15.2. The highest BCUT2D eigenvalue weighted by Crippen LogP contribution is 2.43. The van der Waals surface area contributed by atoms with E-state index in [2.05, 4.69) is 11.8 Å². The van der Waals surface area contributed by atoms with E-state index < -0.39 is 21.6 Å². The van der Waals surface area contributed by atoms with Crippen LogP contribution in [0.1, 0.15) is 33.1 Å². The number of nitrogens with zero attached hydrogens (tertiary/aromatic N) is 2. The van der Waals surface area contributed by atoms with Crippen LogP contribution in [0.4, 0.5) is 11.4 Å². The number of anilines is 2. The van der Waals surface area contributed by atoms with Gasteiger partial charge in [-0.15, -0.1) is 11.8 Å². The number of methoxy groups -OCH3 is 2. The van der Waals surface area contributed by atoms with Crippen LogP contribution < -0.4 is 9.64 Å². The molecular formula is C26H36N2O6S2. The molecule has 0 saturated carbocycles. The molecule has 0 amide bonds. The van der Waals surface area contributed by atoms with Crippen LogP contribution in [-0.4, -0.2) is 71.0 Å². The largest absolute Gasteiger partial charge is 0.489 e. The SMILES string of the molecule is CCCCC1CN(c2ccccc2)c2cc(SC)c(OCC(C)(OC)C(=O)OC)cc2S(=O)(=O)N1C. The van der Waals surface area contributed by atoms with Gasteiger partial charge in [0.25, 0.3) is 0 Å². The predicted molar refractivity (Wildman–Crippen MR) is 143 cm³/mol. The van der Waals surface area contributed by atoms with Gasteiger partial charge in [0.05, 0.1) is 17.7 Å². The highest BCUT2D eigenvalue weighted by Gasteiger charge is 2.39. The summed E-state index contributed by atoms with van der Waals surface area (Å²) in [5.74, 6) is -0.211. The second-order valence-corrected chi connectivity index (χ2v) is 11.8. The first-order valence-electron chi connectivity index (χ1n) is 11.9. The Balaban J connectivity index is 2.15. The number of carbonyl (C=O) groups excluding carboxylic acids is 1. The standard InChI is InChI=1S/C26H36N2O6S2/c1-7-8-12-20-17-28(19-13-10-9-11-14-19)21-15-23(35-6)22(16-24(21)36(30,31)27(20)3)34-18-26(2,33-5)25(29)32-4/h9-11,13-16,20H,7-8,12,17-18H2,1-6H3. The van der Waals surface area contributed by atoms with Crippen LogP contribution in [0.2, 0.25) is 0 Å². The van der Waals surface area contributed by atoms with Gasteiger partial charge in [0.15, 0.2) is 5.60 Å². The van der Waals surface area contributed by atoms with Gasteiger partial charge < -0.3 is 19.1 Å². The lowest BCUT2D eigenvalue weighted by molar-refractivity contribution is -0.167. The minimum Gasteiger partial charge on any atom is -0.489 e. The molecule has 0 aliphatic carbocycles. The molecule has 2 unspecified atom stereocenters. The molecule has 1 aliphatic heterocycles. The van der Waals surface area contributed by atoms with E-state index in [9.17, 15) is 13.2 Å². The van der Waals surface area contributed by atoms with E-state index in [-0.39, 0.29) is 17.5 Å². The van der Waals surface area contributed by atoms with Gasteiger partial charge >= 0.3 is 5.97 Å². The Kier molecular flexibility index (Phi) is 9.32. The van der Waals surface area contributed by atoms with E-state index in [0.717, 1.165) is 29.8 Å². The third kappa shape index (κ3) is 5.66. The topological polar surface area (TPSA) is 85.4 Å². The second-order valence-electron chi connectivity index (χ2n) is 8.95. The molecular weight excluding hydrogens is 500 g/mol. The number of hydrogen-bond donors (Lipinski definition) is 0. The van der Waals surface area contributed by atoms with Crippen molar-refractivity contribution in [2.75, 3.05) is 45.6 Å². The number of likely N-dealkylation sites (N-methyl/N-ethyl adjacent to an activating group) is 1. The molecule has 0 bridgehead atoms. The normalized spacial score (nSPS) is 19.2. The molecule has 0 saturated heterocycles. The van der Waals surface area contributed by atoms with Crippen molar-refractivity contribution in [1.29, 1.82) is 0 Å². The summed E-state index contributed by atoms with van der Waals surface area (Å²) in [5.41, 5.74) is 0.184. The monoisotopic (exact) mass is 536 g/mol. The Morgan fingerprint density at radius 3 is 2.47 bits per heavy atom. The highest BCUT2D eigenvalue weighted by molar-refractivity contribution is 7.98. The minimum absolute atomic E-state index is 0.139. The predicted octanol–water partition coefficient (Wildman–Crippen LogP) is 4.70. The van der Waals surface area contributed by atoms with E-state index in [1.54, 1.807) is 20.0 Å². The highest BCUT2D eigenvalue weighted by atomic mass is 32.2. The van der Waals surface area contributed by atoms with Gasteiger partial charge in [-0.05, 0) is 37.8 Å². The Hall–Kier alpha value is -2.27. The van der Waals surface area contributed by atoms with Crippen LogP contribution in [0.5, 0.6) is 5.75 Å². The number of sulfonamides is 1. The van der Waals surface area contributed by atoms with Crippen molar-refractivity contribution in [3.8, 4) is 5.75 Å². The lowest BCUT2D eigenvalue weighted by atomic mass is 10.1. The number of fused-ring (bicyclic) bond motifs is 1. The lowest BCUT2D eigenvalue weighted by Crippen LogP contribution is -2.44. The summed E-state index contributed by atoms with van der Waals surface area (Å²) < 4.78 is 45.5. The number of unbranched alkanes of at least 4 members (excludes halogenated alkanes) is 1. The second kappa shape index (κ2) is 11.9. The number of esters is 1. The van der Waals surface area contributed by atoms with Crippen molar-refractivity contribution in [2.45, 2.75) is 54.5 Å². The van der Waals surface area contributed by atoms with E-state index >= 15 is 0 Å². The third-order valence-electron chi connectivity index (χ3n) is 6.63. The number of rotatable bonds is 10. The van der Waals surface area contributed by atoms with Gasteiger partial charge in [-0.2, -0.15) is 4.31 Å². The van der Waals surface area contributed by atoms with Gasteiger partial charge in [-0.25, -0.2) is 13.2 Å². The molecule has 198 valence electrons. The van der Waals surface area contributed by atoms with Gasteiger partial charge in [-0.3, -0.25) is 0 Å². The molecule has 2 aromatic rings. The molecule has 2 atom stereocenters. The maximum absolute atomic E-state index is 13.9. The van der Waals surface area contributed by atoms with Crippen molar-refractivity contribution in [3.05, 3.63) is 42.5 Å². The lowest BCUT2D eigenvalue weighted by Gasteiger charge is -2.30. The molecule has 8 nitrogen and oxygen atoms in total. The summed E-state index contributed by atoms with van der Waals surface area (Å²) in [6.45, 7) is 4.07. The summed E-state index contributed by atoms with van der Waals surface area (Å²) in [6.07, 6.45) is 4.57. The van der Waals surface area contributed by atoms with Crippen LogP contribution in [0.3, 0.4) is 0 Å². The molecule has 10 heteroatoms. The zero-order valence-electron chi connectivity index (χ0n) is 21.8. The van der Waals surface area contributed by atoms with Gasteiger partial charge in [0.2, 0.25) is 10.0 Å². The first kappa shape index (κ1) is 28.3. The maximum atomic E-state index is 13.9. The fourth-order valence-corrected chi connectivity index (χ4v) is 6.31. The van der Waals surface area contributed by atoms with Crippen LogP contribution in [0.15, 0.2) is 52.3 Å². The zero-order valence-corrected chi connectivity index (χ0v) is 23.4. The first-order valence-corrected chi connectivity index (χ1v) is 14.6. The third-order valence-corrected chi connectivity index (χ3v) is 9.33. The van der Waals surface area contributed by atoms with Crippen molar-refractivity contribution in [1.82, 2.24) is 4.31 Å². The zero-order chi connectivity index (χ0) is 26.5. The molecule has 0 spiro atoms. The summed E-state index contributed by atoms with van der Waals surface area (Å²) >= 11 is 1.44. The quantitative estimate of drug-likeness (QED) is 0.319. The number of carbonyl (C=O) groups is 1. The summed E-state index contributed by atoms with van der Waals surface area (Å²) in [6, 6.07) is 13.1. The smallest absolute Gasteiger partial charge is 0.341 e. The molecule has 3 rings (SSSR count).